The highest BCUT2D eigenvalue weighted by Gasteiger charge is 2.31. The molecule has 11 heteroatoms. The van der Waals surface area contributed by atoms with Crippen molar-refractivity contribution in [3.05, 3.63) is 70.2 Å². The first kappa shape index (κ1) is 22.4. The lowest BCUT2D eigenvalue weighted by Crippen LogP contribution is -2.23. The van der Waals surface area contributed by atoms with E-state index in [0.717, 1.165) is 12.1 Å². The van der Waals surface area contributed by atoms with Gasteiger partial charge in [-0.05, 0) is 29.8 Å². The van der Waals surface area contributed by atoms with Crippen molar-refractivity contribution >= 4 is 33.3 Å². The Balaban J connectivity index is 1.75. The van der Waals surface area contributed by atoms with E-state index in [2.05, 4.69) is 4.72 Å². The van der Waals surface area contributed by atoms with Crippen molar-refractivity contribution in [1.82, 2.24) is 0 Å². The Labute approximate surface area is 198 Å². The zero-order valence-electron chi connectivity index (χ0n) is 17.5. The lowest BCUT2D eigenvalue weighted by molar-refractivity contribution is 0.0346. The molecule has 0 aliphatic carbocycles. The smallest absolute Gasteiger partial charge is 0.338 e. The molecular weight excluding hydrogens is 492 g/mol. The van der Waals surface area contributed by atoms with E-state index in [-0.39, 0.29) is 28.5 Å². The second kappa shape index (κ2) is 8.14. The number of benzene rings is 3. The van der Waals surface area contributed by atoms with E-state index in [1.807, 2.05) is 0 Å². The first-order chi connectivity index (χ1) is 16.2. The van der Waals surface area contributed by atoms with E-state index in [0.29, 0.717) is 29.4 Å². The summed E-state index contributed by atoms with van der Waals surface area (Å²) in [5.41, 5.74) is 0.358. The lowest BCUT2D eigenvalue weighted by Gasteiger charge is -2.16. The van der Waals surface area contributed by atoms with Gasteiger partial charge in [-0.3, -0.25) is 4.72 Å². The molecule has 5 rings (SSSR count). The van der Waals surface area contributed by atoms with Gasteiger partial charge >= 0.3 is 5.97 Å². The monoisotopic (exact) mass is 507 g/mol. The van der Waals surface area contributed by atoms with E-state index in [9.17, 15) is 22.0 Å². The highest BCUT2D eigenvalue weighted by atomic mass is 35.5. The first-order valence-corrected chi connectivity index (χ1v) is 11.9. The molecule has 3 aromatic rings. The Kier molecular flexibility index (Phi) is 5.37. The molecule has 2 heterocycles. The maximum atomic E-state index is 14.9. The molecule has 1 unspecified atom stereocenters. The summed E-state index contributed by atoms with van der Waals surface area (Å²) in [6.45, 7) is -0.145. The topological polar surface area (TPSA) is 90.9 Å². The molecule has 2 aliphatic rings. The fraction of sp³-hybridized carbons (Fsp3) is 0.174. The minimum atomic E-state index is -4.53. The van der Waals surface area contributed by atoms with Crippen molar-refractivity contribution in [2.45, 2.75) is 17.4 Å². The predicted molar refractivity (Wildman–Crippen MR) is 119 cm³/mol. The number of anilines is 1. The van der Waals surface area contributed by atoms with E-state index in [4.69, 9.17) is 25.8 Å². The molecule has 0 amide bonds. The molecule has 7 nitrogen and oxygen atoms in total. The number of carbonyl (C=O) groups excluding carboxylic acids is 1. The summed E-state index contributed by atoms with van der Waals surface area (Å²) in [7, 11) is -3.34. The van der Waals surface area contributed by atoms with Crippen LogP contribution in [0.2, 0.25) is 5.02 Å². The molecule has 0 fully saturated rings. The molecule has 0 radical (unpaired) electrons. The fourth-order valence-corrected chi connectivity index (χ4v) is 5.68. The standard InChI is InChI=1S/C23H16ClF2NO6S/c1-31-22-16(24)5-11-6-21(22)34(29,30)27-19-8-14(17(25)9-18(19)26)13-3-2-4-20-15(13)7-12(33-20)10-32-23(11)28/h2-6,8-9,12,27H,7,10H2,1H3. The molecule has 1 atom stereocenters. The average molecular weight is 508 g/mol. The van der Waals surface area contributed by atoms with Crippen LogP contribution in [-0.4, -0.2) is 34.2 Å². The Bertz CT molecular complexity index is 1460. The number of sulfonamides is 1. The molecule has 0 saturated carbocycles. The fourth-order valence-electron chi connectivity index (χ4n) is 4.05. The molecule has 1 N–H and O–H groups in total. The quantitative estimate of drug-likeness (QED) is 0.485. The number of methoxy groups -OCH3 is 1. The number of fused-ring (bicyclic) bond motifs is 6. The van der Waals surface area contributed by atoms with Gasteiger partial charge in [0, 0.05) is 23.6 Å². The SMILES string of the molecule is COc1c(Cl)cc2cc1S(=O)(=O)Nc1cc(c(F)cc1F)-c1cccc3c1CC(COC2=O)O3. The van der Waals surface area contributed by atoms with Gasteiger partial charge in [-0.15, -0.1) is 0 Å². The van der Waals surface area contributed by atoms with Gasteiger partial charge in [-0.1, -0.05) is 23.7 Å². The van der Waals surface area contributed by atoms with Gasteiger partial charge in [0.05, 0.1) is 23.4 Å². The van der Waals surface area contributed by atoms with Crippen LogP contribution in [0.5, 0.6) is 11.5 Å². The maximum Gasteiger partial charge on any atom is 0.338 e. The summed E-state index contributed by atoms with van der Waals surface area (Å²) < 4.78 is 74.4. The van der Waals surface area contributed by atoms with Crippen molar-refractivity contribution in [2.24, 2.45) is 0 Å². The van der Waals surface area contributed by atoms with E-state index in [1.54, 1.807) is 18.2 Å². The molecule has 3 aromatic carbocycles. The van der Waals surface area contributed by atoms with Crippen LogP contribution in [0, 0.1) is 11.6 Å². The van der Waals surface area contributed by atoms with Crippen LogP contribution in [0.3, 0.4) is 0 Å². The van der Waals surface area contributed by atoms with Gasteiger partial charge in [0.2, 0.25) is 0 Å². The number of hydrogen-bond acceptors (Lipinski definition) is 6. The van der Waals surface area contributed by atoms with Gasteiger partial charge < -0.3 is 14.2 Å². The molecule has 176 valence electrons. The largest absolute Gasteiger partial charge is 0.494 e. The van der Waals surface area contributed by atoms with Gasteiger partial charge in [0.1, 0.15) is 35.0 Å². The van der Waals surface area contributed by atoms with Gasteiger partial charge in [0.25, 0.3) is 10.0 Å². The molecular formula is C23H16ClF2NO6S. The zero-order chi connectivity index (χ0) is 24.2. The highest BCUT2D eigenvalue weighted by molar-refractivity contribution is 7.92. The minimum absolute atomic E-state index is 0.0224. The molecule has 6 bridgehead atoms. The van der Waals surface area contributed by atoms with Gasteiger partial charge in [-0.25, -0.2) is 22.0 Å². The third-order valence-electron chi connectivity index (χ3n) is 5.59. The Hall–Kier alpha value is -3.37. The number of halogens is 3. The Morgan fingerprint density at radius 1 is 1.12 bits per heavy atom. The van der Waals surface area contributed by atoms with Crippen molar-refractivity contribution in [1.29, 1.82) is 0 Å². The van der Waals surface area contributed by atoms with Crippen LogP contribution in [-0.2, 0) is 21.2 Å². The van der Waals surface area contributed by atoms with Crippen LogP contribution in [0.25, 0.3) is 11.1 Å². The number of nitrogens with one attached hydrogen (secondary N) is 1. The van der Waals surface area contributed by atoms with Crippen molar-refractivity contribution < 1.29 is 36.2 Å². The third kappa shape index (κ3) is 3.72. The number of hydrogen-bond donors (Lipinski definition) is 1. The Morgan fingerprint density at radius 3 is 2.68 bits per heavy atom. The molecule has 34 heavy (non-hydrogen) atoms. The van der Waals surface area contributed by atoms with Gasteiger partial charge in [0.15, 0.2) is 5.75 Å². The number of carbonyl (C=O) groups is 1. The summed E-state index contributed by atoms with van der Waals surface area (Å²) in [4.78, 5) is 12.2. The van der Waals surface area contributed by atoms with Crippen molar-refractivity contribution in [3.63, 3.8) is 0 Å². The third-order valence-corrected chi connectivity index (χ3v) is 7.24. The molecule has 0 spiro atoms. The second-order valence-electron chi connectivity index (χ2n) is 7.73. The maximum absolute atomic E-state index is 14.9. The number of ether oxygens (including phenoxy) is 3. The van der Waals surface area contributed by atoms with Crippen molar-refractivity contribution in [2.75, 3.05) is 18.4 Å². The number of rotatable bonds is 1. The highest BCUT2D eigenvalue weighted by Crippen LogP contribution is 2.40. The predicted octanol–water partition coefficient (Wildman–Crippen LogP) is 4.57. The van der Waals surface area contributed by atoms with Crippen LogP contribution in [0.15, 0.2) is 47.4 Å². The number of esters is 1. The zero-order valence-corrected chi connectivity index (χ0v) is 19.1. The minimum Gasteiger partial charge on any atom is -0.494 e. The van der Waals surface area contributed by atoms with E-state index < -0.39 is 44.3 Å². The summed E-state index contributed by atoms with van der Waals surface area (Å²) in [6, 6.07) is 8.84. The Morgan fingerprint density at radius 2 is 1.91 bits per heavy atom. The summed E-state index contributed by atoms with van der Waals surface area (Å²) in [5, 5.41) is -0.171. The van der Waals surface area contributed by atoms with Crippen molar-refractivity contribution in [3.8, 4) is 22.6 Å². The number of cyclic esters (lactones) is 1. The lowest BCUT2D eigenvalue weighted by atomic mass is 9.96. The van der Waals surface area contributed by atoms with E-state index in [1.165, 1.54) is 13.2 Å². The van der Waals surface area contributed by atoms with Crippen LogP contribution in [0.4, 0.5) is 14.5 Å². The van der Waals surface area contributed by atoms with Crippen LogP contribution in [0.1, 0.15) is 15.9 Å². The normalized spacial score (nSPS) is 18.1. The van der Waals surface area contributed by atoms with Crippen LogP contribution >= 0.6 is 11.6 Å². The van der Waals surface area contributed by atoms with Gasteiger partial charge in [-0.2, -0.15) is 0 Å². The van der Waals surface area contributed by atoms with Crippen LogP contribution < -0.4 is 14.2 Å². The second-order valence-corrected chi connectivity index (χ2v) is 9.79. The molecule has 0 saturated heterocycles. The summed E-state index contributed by atoms with van der Waals surface area (Å²) >= 11 is 6.17. The average Bonchev–Trinajstić information content (AvgIpc) is 3.21. The summed E-state index contributed by atoms with van der Waals surface area (Å²) in [5.74, 6) is -2.64. The van der Waals surface area contributed by atoms with E-state index >= 15 is 0 Å². The summed E-state index contributed by atoms with van der Waals surface area (Å²) in [6.07, 6.45) is -0.256. The molecule has 0 aromatic heterocycles. The molecule has 2 aliphatic heterocycles. The first-order valence-electron chi connectivity index (χ1n) is 10.0.